The second-order valence-corrected chi connectivity index (χ2v) is 4.60. The third kappa shape index (κ3) is 4.57. The minimum absolute atomic E-state index is 0.0151. The quantitative estimate of drug-likeness (QED) is 0.798. The monoisotopic (exact) mass is 316 g/mol. The predicted molar refractivity (Wildman–Crippen MR) is 71.3 cm³/mol. The number of nitrogens with one attached hydrogen (secondary N) is 1. The molecular formula is C14H15F3N2O3. The number of rotatable bonds is 7. The van der Waals surface area contributed by atoms with Gasteiger partial charge in [0.2, 0.25) is 5.91 Å². The number of amides is 2. The lowest BCUT2D eigenvalue weighted by Gasteiger charge is -2.15. The molecule has 0 saturated heterocycles. The van der Waals surface area contributed by atoms with Gasteiger partial charge in [0.1, 0.15) is 34.8 Å². The van der Waals surface area contributed by atoms with Crippen LogP contribution in [0.1, 0.15) is 36.5 Å². The number of carbonyl (C=O) groups excluding carboxylic acids is 3. The molecule has 120 valence electrons. The smallest absolute Gasteiger partial charge is 0.257 e. The van der Waals surface area contributed by atoms with Crippen LogP contribution in [0.25, 0.3) is 0 Å². The Balaban J connectivity index is 2.88. The zero-order chi connectivity index (χ0) is 16.9. The van der Waals surface area contributed by atoms with Crippen LogP contribution in [0.3, 0.4) is 0 Å². The summed E-state index contributed by atoms with van der Waals surface area (Å²) in [4.78, 5) is 34.3. The Morgan fingerprint density at radius 2 is 1.73 bits per heavy atom. The van der Waals surface area contributed by atoms with Crippen LogP contribution in [0.15, 0.2) is 12.1 Å². The van der Waals surface area contributed by atoms with Gasteiger partial charge in [0, 0.05) is 25.0 Å². The minimum atomic E-state index is -1.40. The van der Waals surface area contributed by atoms with E-state index in [1.54, 1.807) is 6.92 Å². The molecule has 0 radical (unpaired) electrons. The highest BCUT2D eigenvalue weighted by Crippen LogP contribution is 2.15. The molecule has 0 spiro atoms. The van der Waals surface area contributed by atoms with Gasteiger partial charge in [0.05, 0.1) is 0 Å². The van der Waals surface area contributed by atoms with Gasteiger partial charge in [0.25, 0.3) is 5.91 Å². The maximum absolute atomic E-state index is 13.5. The van der Waals surface area contributed by atoms with E-state index in [2.05, 4.69) is 0 Å². The van der Waals surface area contributed by atoms with Crippen molar-refractivity contribution in [3.63, 3.8) is 0 Å². The predicted octanol–water partition coefficient (Wildman–Crippen LogP) is 1.45. The molecule has 1 rings (SSSR count). The van der Waals surface area contributed by atoms with E-state index >= 15 is 0 Å². The maximum atomic E-state index is 13.5. The molecule has 8 heteroatoms. The van der Waals surface area contributed by atoms with E-state index in [0.717, 1.165) is 0 Å². The van der Waals surface area contributed by atoms with Gasteiger partial charge in [-0.2, -0.15) is 0 Å². The van der Waals surface area contributed by atoms with Crippen LogP contribution in [-0.2, 0) is 9.59 Å². The van der Waals surface area contributed by atoms with Gasteiger partial charge in [-0.3, -0.25) is 14.4 Å². The van der Waals surface area contributed by atoms with Gasteiger partial charge in [-0.25, -0.2) is 13.2 Å². The molecule has 0 saturated carbocycles. The van der Waals surface area contributed by atoms with Crippen molar-refractivity contribution in [2.24, 2.45) is 5.73 Å². The Bertz CT molecular complexity index is 582. The Morgan fingerprint density at radius 3 is 2.18 bits per heavy atom. The van der Waals surface area contributed by atoms with Gasteiger partial charge >= 0.3 is 0 Å². The van der Waals surface area contributed by atoms with Gasteiger partial charge in [-0.05, 0) is 6.42 Å². The lowest BCUT2D eigenvalue weighted by molar-refractivity contribution is -0.121. The van der Waals surface area contributed by atoms with Crippen LogP contribution in [0.2, 0.25) is 0 Å². The molecule has 22 heavy (non-hydrogen) atoms. The van der Waals surface area contributed by atoms with Crippen LogP contribution in [-0.4, -0.2) is 23.6 Å². The van der Waals surface area contributed by atoms with Crippen LogP contribution >= 0.6 is 0 Å². The largest absolute Gasteiger partial charge is 0.368 e. The fourth-order valence-electron chi connectivity index (χ4n) is 1.76. The van der Waals surface area contributed by atoms with E-state index in [0.29, 0.717) is 12.1 Å². The van der Waals surface area contributed by atoms with Crippen LogP contribution in [0.5, 0.6) is 0 Å². The third-order valence-electron chi connectivity index (χ3n) is 2.99. The molecule has 3 N–H and O–H groups in total. The third-order valence-corrected chi connectivity index (χ3v) is 2.99. The molecule has 0 heterocycles. The summed E-state index contributed by atoms with van der Waals surface area (Å²) in [7, 11) is 0. The molecule has 5 nitrogen and oxygen atoms in total. The summed E-state index contributed by atoms with van der Waals surface area (Å²) >= 11 is 0. The first kappa shape index (κ1) is 17.7. The van der Waals surface area contributed by atoms with Crippen molar-refractivity contribution in [1.29, 1.82) is 0 Å². The molecule has 0 aliphatic carbocycles. The minimum Gasteiger partial charge on any atom is -0.368 e. The SMILES string of the molecule is CCC(=O)CC[C@H](NC(=O)c1c(F)cc(F)cc1F)C(N)=O. The van der Waals surface area contributed by atoms with Crippen LogP contribution < -0.4 is 11.1 Å². The van der Waals surface area contributed by atoms with Crippen molar-refractivity contribution >= 4 is 17.6 Å². The van der Waals surface area contributed by atoms with Crippen LogP contribution in [0.4, 0.5) is 13.2 Å². The first-order chi connectivity index (χ1) is 10.3. The number of Topliss-reactive ketones (excluding diaryl/α,β-unsaturated/α-hetero) is 1. The van der Waals surface area contributed by atoms with E-state index in [4.69, 9.17) is 5.73 Å². The second-order valence-electron chi connectivity index (χ2n) is 4.60. The van der Waals surface area contributed by atoms with E-state index < -0.39 is 40.9 Å². The van der Waals surface area contributed by atoms with E-state index in [1.807, 2.05) is 5.32 Å². The number of nitrogens with two attached hydrogens (primary N) is 1. The van der Waals surface area contributed by atoms with E-state index in [1.165, 1.54) is 0 Å². The van der Waals surface area contributed by atoms with Crippen molar-refractivity contribution in [1.82, 2.24) is 5.32 Å². The maximum Gasteiger partial charge on any atom is 0.257 e. The lowest BCUT2D eigenvalue weighted by Crippen LogP contribution is -2.45. The molecule has 0 unspecified atom stereocenters. The zero-order valence-electron chi connectivity index (χ0n) is 11.8. The highest BCUT2D eigenvalue weighted by molar-refractivity contribution is 5.97. The Kier molecular flexibility index (Phi) is 6.09. The highest BCUT2D eigenvalue weighted by atomic mass is 19.1. The summed E-state index contributed by atoms with van der Waals surface area (Å²) in [5.74, 6) is -6.32. The van der Waals surface area contributed by atoms with Gasteiger partial charge in [-0.15, -0.1) is 0 Å². The van der Waals surface area contributed by atoms with Gasteiger partial charge < -0.3 is 11.1 Å². The fourth-order valence-corrected chi connectivity index (χ4v) is 1.76. The summed E-state index contributed by atoms with van der Waals surface area (Å²) in [6.45, 7) is 1.63. The Hall–Kier alpha value is -2.38. The van der Waals surface area contributed by atoms with Crippen molar-refractivity contribution in [3.05, 3.63) is 35.1 Å². The lowest BCUT2D eigenvalue weighted by atomic mass is 10.1. The van der Waals surface area contributed by atoms with E-state index in [-0.39, 0.29) is 25.0 Å². The summed E-state index contributed by atoms with van der Waals surface area (Å²) < 4.78 is 39.7. The molecule has 1 aromatic carbocycles. The normalized spacial score (nSPS) is 11.8. The zero-order valence-corrected chi connectivity index (χ0v) is 11.8. The summed E-state index contributed by atoms with van der Waals surface area (Å²) in [5, 5.41) is 2.05. The van der Waals surface area contributed by atoms with Crippen molar-refractivity contribution < 1.29 is 27.6 Å². The van der Waals surface area contributed by atoms with Crippen LogP contribution in [0, 0.1) is 17.5 Å². The number of ketones is 1. The number of carbonyl (C=O) groups is 3. The molecule has 1 aromatic rings. The fraction of sp³-hybridized carbons (Fsp3) is 0.357. The number of hydrogen-bond donors (Lipinski definition) is 2. The van der Waals surface area contributed by atoms with Crippen molar-refractivity contribution in [2.75, 3.05) is 0 Å². The standard InChI is InChI=1S/C14H15F3N2O3/c1-2-8(20)3-4-11(13(18)21)19-14(22)12-9(16)5-7(15)6-10(12)17/h5-6,11H,2-4H2,1H3,(H2,18,21)(H,19,22)/t11-/m0/s1. The summed E-state index contributed by atoms with van der Waals surface area (Å²) in [5.41, 5.74) is 4.06. The molecule has 0 aliphatic rings. The number of benzene rings is 1. The van der Waals surface area contributed by atoms with E-state index in [9.17, 15) is 27.6 Å². The van der Waals surface area contributed by atoms with Gasteiger partial charge in [0.15, 0.2) is 0 Å². The highest BCUT2D eigenvalue weighted by Gasteiger charge is 2.24. The molecule has 0 fully saturated rings. The first-order valence-electron chi connectivity index (χ1n) is 6.52. The molecular weight excluding hydrogens is 301 g/mol. The van der Waals surface area contributed by atoms with Crippen molar-refractivity contribution in [3.8, 4) is 0 Å². The average molecular weight is 316 g/mol. The number of hydrogen-bond acceptors (Lipinski definition) is 3. The Morgan fingerprint density at radius 1 is 1.18 bits per heavy atom. The summed E-state index contributed by atoms with van der Waals surface area (Å²) in [6, 6.07) is -0.567. The average Bonchev–Trinajstić information content (AvgIpc) is 2.41. The molecule has 1 atom stereocenters. The van der Waals surface area contributed by atoms with Crippen molar-refractivity contribution in [2.45, 2.75) is 32.2 Å². The molecule has 0 aromatic heterocycles. The summed E-state index contributed by atoms with van der Waals surface area (Å²) in [6.07, 6.45) is 0.150. The number of halogens is 3. The topological polar surface area (TPSA) is 89.3 Å². The van der Waals surface area contributed by atoms with Gasteiger partial charge in [-0.1, -0.05) is 6.92 Å². The molecule has 0 aliphatic heterocycles. The Labute approximate surface area is 124 Å². The molecule has 0 bridgehead atoms. The number of primary amides is 1. The first-order valence-corrected chi connectivity index (χ1v) is 6.52. The molecule has 2 amide bonds. The second kappa shape index (κ2) is 7.58.